The predicted octanol–water partition coefficient (Wildman–Crippen LogP) is 3.82. The molecule has 0 amide bonds. The fraction of sp³-hybridized carbons (Fsp3) is 0.333. The minimum Gasteiger partial charge on any atom is -0.485 e. The van der Waals surface area contributed by atoms with E-state index in [0.29, 0.717) is 0 Å². The third kappa shape index (κ3) is 3.34. The molecular weight excluding hydrogens is 336 g/mol. The summed E-state index contributed by atoms with van der Waals surface area (Å²) in [7, 11) is 2.13. The predicted molar refractivity (Wildman–Crippen MR) is 87.7 cm³/mol. The Morgan fingerprint density at radius 2 is 2.30 bits per heavy atom. The monoisotopic (exact) mass is 352 g/mol. The minimum atomic E-state index is 0.192. The number of anilines is 1. The number of hydrogen-bond acceptors (Lipinski definition) is 4. The number of nitrogens with zero attached hydrogens (tertiary/aromatic N) is 1. The Morgan fingerprint density at radius 1 is 1.45 bits per heavy atom. The highest BCUT2D eigenvalue weighted by molar-refractivity contribution is 9.11. The van der Waals surface area contributed by atoms with Crippen molar-refractivity contribution in [2.45, 2.75) is 12.6 Å². The number of nitrogens with one attached hydrogen (secondary N) is 1. The number of thiophene rings is 1. The van der Waals surface area contributed by atoms with Crippen LogP contribution in [0, 0.1) is 0 Å². The summed E-state index contributed by atoms with van der Waals surface area (Å²) in [5.41, 5.74) is 2.43. The van der Waals surface area contributed by atoms with Crippen LogP contribution in [0.5, 0.6) is 5.75 Å². The fourth-order valence-electron chi connectivity index (χ4n) is 2.41. The van der Waals surface area contributed by atoms with E-state index in [2.05, 4.69) is 50.7 Å². The van der Waals surface area contributed by atoms with Crippen LogP contribution in [0.15, 0.2) is 39.5 Å². The van der Waals surface area contributed by atoms with Gasteiger partial charge in [-0.2, -0.15) is 0 Å². The van der Waals surface area contributed by atoms with E-state index >= 15 is 0 Å². The van der Waals surface area contributed by atoms with E-state index in [0.717, 1.165) is 31.1 Å². The molecule has 3 rings (SSSR count). The number of rotatable bonds is 4. The minimum absolute atomic E-state index is 0.192. The quantitative estimate of drug-likeness (QED) is 0.905. The van der Waals surface area contributed by atoms with Gasteiger partial charge in [0.15, 0.2) is 0 Å². The van der Waals surface area contributed by atoms with Gasteiger partial charge in [-0.25, -0.2) is 0 Å². The molecule has 1 N–H and O–H groups in total. The van der Waals surface area contributed by atoms with Crippen molar-refractivity contribution in [3.63, 3.8) is 0 Å². The van der Waals surface area contributed by atoms with Gasteiger partial charge in [-0.05, 0) is 52.1 Å². The van der Waals surface area contributed by atoms with Gasteiger partial charge in [0.2, 0.25) is 0 Å². The average Bonchev–Trinajstić information content (AvgIpc) is 2.83. The first-order chi connectivity index (χ1) is 9.70. The van der Waals surface area contributed by atoms with Gasteiger partial charge in [0, 0.05) is 13.1 Å². The van der Waals surface area contributed by atoms with E-state index in [9.17, 15) is 0 Å². The fourth-order valence-corrected chi connectivity index (χ4v) is 3.62. The molecule has 0 spiro atoms. The number of ether oxygens (including phenoxy) is 1. The first-order valence-corrected chi connectivity index (χ1v) is 8.29. The lowest BCUT2D eigenvalue weighted by Crippen LogP contribution is -2.40. The van der Waals surface area contributed by atoms with Crippen molar-refractivity contribution >= 4 is 33.0 Å². The molecule has 1 aliphatic rings. The summed E-state index contributed by atoms with van der Waals surface area (Å²) in [4.78, 5) is 2.30. The standard InChI is InChI=1S/C15H17BrN2OS/c1-18(8-11-6-15(16)20-10-11)9-12-7-17-13-4-2-3-5-14(13)19-12/h2-6,10,12,17H,7-9H2,1H3. The van der Waals surface area contributed by atoms with Crippen LogP contribution in [0.2, 0.25) is 0 Å². The maximum absolute atomic E-state index is 6.03. The Kier molecular flexibility index (Phi) is 4.29. The SMILES string of the molecule is CN(Cc1csc(Br)c1)CC1CNc2ccccc2O1. The molecule has 2 heterocycles. The zero-order valence-corrected chi connectivity index (χ0v) is 13.7. The van der Waals surface area contributed by atoms with Crippen molar-refractivity contribution < 1.29 is 4.74 Å². The van der Waals surface area contributed by atoms with Gasteiger partial charge in [0.25, 0.3) is 0 Å². The largest absolute Gasteiger partial charge is 0.485 e. The molecule has 1 aromatic carbocycles. The van der Waals surface area contributed by atoms with Gasteiger partial charge < -0.3 is 10.1 Å². The van der Waals surface area contributed by atoms with Crippen LogP contribution in [0.1, 0.15) is 5.56 Å². The summed E-state index contributed by atoms with van der Waals surface area (Å²) in [6.07, 6.45) is 0.192. The highest BCUT2D eigenvalue weighted by Crippen LogP contribution is 2.28. The number of hydrogen-bond donors (Lipinski definition) is 1. The molecule has 0 aliphatic carbocycles. The molecule has 1 unspecified atom stereocenters. The van der Waals surface area contributed by atoms with Gasteiger partial charge in [-0.15, -0.1) is 11.3 Å². The summed E-state index contributed by atoms with van der Waals surface area (Å²) >= 11 is 5.23. The molecule has 1 aromatic heterocycles. The molecule has 106 valence electrons. The van der Waals surface area contributed by atoms with Gasteiger partial charge >= 0.3 is 0 Å². The van der Waals surface area contributed by atoms with E-state index in [1.165, 1.54) is 9.35 Å². The summed E-state index contributed by atoms with van der Waals surface area (Å²) in [5, 5.41) is 5.62. The van der Waals surface area contributed by atoms with E-state index in [1.54, 1.807) is 11.3 Å². The van der Waals surface area contributed by atoms with Gasteiger partial charge in [-0.1, -0.05) is 12.1 Å². The number of likely N-dealkylation sites (N-methyl/N-ethyl adjacent to an activating group) is 1. The molecule has 0 saturated carbocycles. The Balaban J connectivity index is 1.56. The zero-order chi connectivity index (χ0) is 13.9. The first kappa shape index (κ1) is 13.9. The van der Waals surface area contributed by atoms with Crippen molar-refractivity contribution in [3.05, 3.63) is 45.1 Å². The second kappa shape index (κ2) is 6.16. The lowest BCUT2D eigenvalue weighted by Gasteiger charge is -2.30. The topological polar surface area (TPSA) is 24.5 Å². The molecule has 0 radical (unpaired) electrons. The number of benzene rings is 1. The van der Waals surface area contributed by atoms with Gasteiger partial charge in [0.05, 0.1) is 16.0 Å². The highest BCUT2D eigenvalue weighted by Gasteiger charge is 2.20. The molecule has 3 nitrogen and oxygen atoms in total. The molecule has 0 saturated heterocycles. The van der Waals surface area contributed by atoms with Gasteiger partial charge in [0.1, 0.15) is 11.9 Å². The normalized spacial score (nSPS) is 17.4. The Labute approximate surface area is 131 Å². The van der Waals surface area contributed by atoms with Crippen molar-refractivity contribution in [2.24, 2.45) is 0 Å². The number of fused-ring (bicyclic) bond motifs is 1. The second-order valence-corrected chi connectivity index (χ2v) is 7.36. The van der Waals surface area contributed by atoms with Crippen LogP contribution in [-0.4, -0.2) is 31.1 Å². The number of halogens is 1. The highest BCUT2D eigenvalue weighted by atomic mass is 79.9. The van der Waals surface area contributed by atoms with Crippen LogP contribution < -0.4 is 10.1 Å². The Bertz CT molecular complexity index is 587. The summed E-state index contributed by atoms with van der Waals surface area (Å²) in [6, 6.07) is 10.3. The van der Waals surface area contributed by atoms with Crippen molar-refractivity contribution in [1.82, 2.24) is 4.90 Å². The molecule has 2 aromatic rings. The molecule has 20 heavy (non-hydrogen) atoms. The summed E-state index contributed by atoms with van der Waals surface area (Å²) < 4.78 is 7.22. The maximum atomic E-state index is 6.03. The van der Waals surface area contributed by atoms with E-state index in [4.69, 9.17) is 4.74 Å². The average molecular weight is 353 g/mol. The molecule has 1 aliphatic heterocycles. The lowest BCUT2D eigenvalue weighted by molar-refractivity contribution is 0.148. The van der Waals surface area contributed by atoms with Crippen LogP contribution in [0.3, 0.4) is 0 Å². The van der Waals surface area contributed by atoms with Crippen LogP contribution in [-0.2, 0) is 6.54 Å². The van der Waals surface area contributed by atoms with E-state index < -0.39 is 0 Å². The van der Waals surface area contributed by atoms with E-state index in [-0.39, 0.29) is 6.10 Å². The zero-order valence-electron chi connectivity index (χ0n) is 11.3. The molecule has 0 bridgehead atoms. The third-order valence-electron chi connectivity index (χ3n) is 3.29. The first-order valence-electron chi connectivity index (χ1n) is 6.62. The summed E-state index contributed by atoms with van der Waals surface area (Å²) in [5.74, 6) is 0.954. The van der Waals surface area contributed by atoms with Crippen molar-refractivity contribution in [1.29, 1.82) is 0 Å². The Morgan fingerprint density at radius 3 is 3.10 bits per heavy atom. The maximum Gasteiger partial charge on any atom is 0.142 e. The van der Waals surface area contributed by atoms with Crippen molar-refractivity contribution in [2.75, 3.05) is 25.5 Å². The molecule has 0 fully saturated rings. The summed E-state index contributed by atoms with van der Waals surface area (Å²) in [6.45, 7) is 2.72. The van der Waals surface area contributed by atoms with Crippen molar-refractivity contribution in [3.8, 4) is 5.75 Å². The van der Waals surface area contributed by atoms with E-state index in [1.807, 2.05) is 18.2 Å². The molecular formula is C15H17BrN2OS. The van der Waals surface area contributed by atoms with Crippen LogP contribution >= 0.6 is 27.3 Å². The van der Waals surface area contributed by atoms with Crippen LogP contribution in [0.25, 0.3) is 0 Å². The van der Waals surface area contributed by atoms with Crippen LogP contribution in [0.4, 0.5) is 5.69 Å². The number of para-hydroxylation sites is 2. The second-order valence-electron chi connectivity index (χ2n) is 5.07. The van der Waals surface area contributed by atoms with Gasteiger partial charge in [-0.3, -0.25) is 4.90 Å². The molecule has 5 heteroatoms. The molecule has 1 atom stereocenters. The Hall–Kier alpha value is -1.04. The lowest BCUT2D eigenvalue weighted by atomic mass is 10.2. The smallest absolute Gasteiger partial charge is 0.142 e. The third-order valence-corrected chi connectivity index (χ3v) is 4.84.